The van der Waals surface area contributed by atoms with E-state index in [1.165, 1.54) is 32.2 Å². The maximum Gasteiger partial charge on any atom is 0.331 e. The first-order valence-electron chi connectivity index (χ1n) is 10.1. The number of aromatic nitrogens is 1. The fourth-order valence-electron chi connectivity index (χ4n) is 3.27. The summed E-state index contributed by atoms with van der Waals surface area (Å²) in [7, 11) is 1.53. The van der Waals surface area contributed by atoms with Crippen molar-refractivity contribution in [2.75, 3.05) is 12.4 Å². The SMILES string of the molecule is CCC(OC)c1cccc(-c2csc(NC(=O)c3cc(Cl)c(/C=C(\C)C(=O)O)c(Cl)c3)n2)c1F. The number of benzene rings is 2. The minimum Gasteiger partial charge on any atom is -0.478 e. The van der Waals surface area contributed by atoms with Gasteiger partial charge in [-0.05, 0) is 37.6 Å². The monoisotopic (exact) mass is 522 g/mol. The van der Waals surface area contributed by atoms with Gasteiger partial charge in [0.15, 0.2) is 5.13 Å². The molecule has 0 bridgehead atoms. The van der Waals surface area contributed by atoms with Crippen LogP contribution in [0.2, 0.25) is 10.0 Å². The van der Waals surface area contributed by atoms with Gasteiger partial charge in [0, 0.05) is 40.3 Å². The Morgan fingerprint density at radius 1 is 1.29 bits per heavy atom. The molecular weight excluding hydrogens is 502 g/mol. The summed E-state index contributed by atoms with van der Waals surface area (Å²) in [4.78, 5) is 28.1. The lowest BCUT2D eigenvalue weighted by Gasteiger charge is -2.15. The van der Waals surface area contributed by atoms with Gasteiger partial charge in [0.05, 0.1) is 21.8 Å². The molecule has 34 heavy (non-hydrogen) atoms. The highest BCUT2D eigenvalue weighted by Crippen LogP contribution is 2.33. The highest BCUT2D eigenvalue weighted by molar-refractivity contribution is 7.14. The summed E-state index contributed by atoms with van der Waals surface area (Å²) < 4.78 is 20.5. The van der Waals surface area contributed by atoms with Gasteiger partial charge in [0.2, 0.25) is 0 Å². The largest absolute Gasteiger partial charge is 0.478 e. The second kappa shape index (κ2) is 11.1. The molecule has 0 aliphatic rings. The zero-order valence-corrected chi connectivity index (χ0v) is 20.8. The van der Waals surface area contributed by atoms with Crippen molar-refractivity contribution in [3.8, 4) is 11.3 Å². The van der Waals surface area contributed by atoms with Crippen molar-refractivity contribution in [3.05, 3.63) is 73.8 Å². The normalized spacial score (nSPS) is 12.5. The number of ether oxygens (including phenoxy) is 1. The van der Waals surface area contributed by atoms with Crippen LogP contribution in [0.1, 0.15) is 47.9 Å². The van der Waals surface area contributed by atoms with E-state index in [1.807, 2.05) is 6.92 Å². The van der Waals surface area contributed by atoms with Gasteiger partial charge in [0.1, 0.15) is 5.82 Å². The molecule has 0 aliphatic heterocycles. The van der Waals surface area contributed by atoms with E-state index in [1.54, 1.807) is 23.6 Å². The molecule has 0 radical (unpaired) electrons. The number of carbonyl (C=O) groups is 2. The lowest BCUT2D eigenvalue weighted by Crippen LogP contribution is -2.12. The molecule has 0 spiro atoms. The molecule has 2 aromatic carbocycles. The summed E-state index contributed by atoms with van der Waals surface area (Å²) in [6, 6.07) is 7.80. The minimum atomic E-state index is -1.11. The molecule has 10 heteroatoms. The molecular formula is C24H21Cl2FN2O4S. The fraction of sp³-hybridized carbons (Fsp3) is 0.208. The molecule has 0 saturated carbocycles. The van der Waals surface area contributed by atoms with Crippen LogP contribution < -0.4 is 5.32 Å². The minimum absolute atomic E-state index is 0.0448. The molecule has 1 unspecified atom stereocenters. The van der Waals surface area contributed by atoms with Crippen molar-refractivity contribution >= 4 is 57.6 Å². The van der Waals surface area contributed by atoms with Gasteiger partial charge in [-0.15, -0.1) is 11.3 Å². The number of methoxy groups -OCH3 is 1. The molecule has 0 saturated heterocycles. The average molecular weight is 523 g/mol. The molecule has 0 aliphatic carbocycles. The summed E-state index contributed by atoms with van der Waals surface area (Å²) >= 11 is 13.6. The molecule has 1 aromatic heterocycles. The Morgan fingerprint density at radius 2 is 1.97 bits per heavy atom. The van der Waals surface area contributed by atoms with Crippen LogP contribution in [0.25, 0.3) is 17.3 Å². The predicted octanol–water partition coefficient (Wildman–Crippen LogP) is 7.09. The van der Waals surface area contributed by atoms with Gasteiger partial charge in [-0.1, -0.05) is 42.3 Å². The fourth-order valence-corrected chi connectivity index (χ4v) is 4.57. The quantitative estimate of drug-likeness (QED) is 0.308. The maximum absolute atomic E-state index is 15.1. The summed E-state index contributed by atoms with van der Waals surface area (Å²) in [6.45, 7) is 3.32. The topological polar surface area (TPSA) is 88.5 Å². The number of carboxylic acids is 1. The number of halogens is 3. The van der Waals surface area contributed by atoms with Crippen LogP contribution in [0.4, 0.5) is 9.52 Å². The molecule has 0 fully saturated rings. The second-order valence-corrected chi connectivity index (χ2v) is 8.99. The number of carbonyl (C=O) groups excluding carboxylic acids is 1. The highest BCUT2D eigenvalue weighted by Gasteiger charge is 2.19. The number of anilines is 1. The smallest absolute Gasteiger partial charge is 0.331 e. The Labute approximate surface area is 210 Å². The molecule has 2 N–H and O–H groups in total. The van der Waals surface area contributed by atoms with Crippen LogP contribution >= 0.6 is 34.5 Å². The molecule has 6 nitrogen and oxygen atoms in total. The van der Waals surface area contributed by atoms with Crippen LogP contribution in [-0.4, -0.2) is 29.1 Å². The average Bonchev–Trinajstić information content (AvgIpc) is 3.25. The van der Waals surface area contributed by atoms with Gasteiger partial charge in [-0.3, -0.25) is 10.1 Å². The number of nitrogens with one attached hydrogen (secondary N) is 1. The molecule has 178 valence electrons. The van der Waals surface area contributed by atoms with Crippen LogP contribution in [0.5, 0.6) is 0 Å². The van der Waals surface area contributed by atoms with Crippen molar-refractivity contribution in [3.63, 3.8) is 0 Å². The van der Waals surface area contributed by atoms with E-state index in [0.29, 0.717) is 28.8 Å². The summed E-state index contributed by atoms with van der Waals surface area (Å²) in [5.41, 5.74) is 1.64. The number of rotatable bonds is 8. The number of hydrogen-bond acceptors (Lipinski definition) is 5. The number of thiazole rings is 1. The first-order valence-corrected chi connectivity index (χ1v) is 11.8. The first-order chi connectivity index (χ1) is 16.2. The molecule has 3 rings (SSSR count). The second-order valence-electron chi connectivity index (χ2n) is 7.32. The van der Waals surface area contributed by atoms with E-state index >= 15 is 4.39 Å². The van der Waals surface area contributed by atoms with E-state index in [2.05, 4.69) is 10.3 Å². The lowest BCUT2D eigenvalue weighted by molar-refractivity contribution is -0.132. The zero-order chi connectivity index (χ0) is 25.0. The van der Waals surface area contributed by atoms with Gasteiger partial charge in [0.25, 0.3) is 5.91 Å². The Morgan fingerprint density at radius 3 is 2.56 bits per heavy atom. The molecule has 3 aromatic rings. The van der Waals surface area contributed by atoms with E-state index < -0.39 is 17.7 Å². The summed E-state index contributed by atoms with van der Waals surface area (Å²) in [5, 5.41) is 13.9. The maximum atomic E-state index is 15.1. The third kappa shape index (κ3) is 5.64. The number of carboxylic acid groups (broad SMARTS) is 1. The summed E-state index contributed by atoms with van der Waals surface area (Å²) in [5.74, 6) is -2.05. The number of aliphatic carboxylic acids is 1. The Hall–Kier alpha value is -2.78. The molecule has 1 atom stereocenters. The first kappa shape index (κ1) is 25.8. The van der Waals surface area contributed by atoms with Crippen LogP contribution in [0, 0.1) is 5.82 Å². The van der Waals surface area contributed by atoms with Gasteiger partial charge in [-0.2, -0.15) is 0 Å². The Balaban J connectivity index is 1.84. The predicted molar refractivity (Wildman–Crippen MR) is 133 cm³/mol. The molecule has 1 heterocycles. The summed E-state index contributed by atoms with van der Waals surface area (Å²) in [6.07, 6.45) is 1.58. The van der Waals surface area contributed by atoms with E-state index in [0.717, 1.165) is 11.3 Å². The van der Waals surface area contributed by atoms with Gasteiger partial charge in [-0.25, -0.2) is 14.2 Å². The zero-order valence-electron chi connectivity index (χ0n) is 18.5. The van der Waals surface area contributed by atoms with Crippen molar-refractivity contribution < 1.29 is 23.8 Å². The third-order valence-corrected chi connectivity index (χ3v) is 6.45. The van der Waals surface area contributed by atoms with Crippen molar-refractivity contribution in [2.24, 2.45) is 0 Å². The van der Waals surface area contributed by atoms with Crippen LogP contribution in [-0.2, 0) is 9.53 Å². The van der Waals surface area contributed by atoms with Crippen molar-refractivity contribution in [2.45, 2.75) is 26.4 Å². The number of hydrogen-bond donors (Lipinski definition) is 2. The van der Waals surface area contributed by atoms with Crippen LogP contribution in [0.15, 0.2) is 41.3 Å². The highest BCUT2D eigenvalue weighted by atomic mass is 35.5. The van der Waals surface area contributed by atoms with E-state index in [-0.39, 0.29) is 32.4 Å². The standard InChI is InChI=1S/C24H21Cl2FN2O4S/c1-4-20(33-3)15-7-5-6-14(21(15)27)19-11-34-24(28-19)29-22(30)13-9-17(25)16(18(26)10-13)8-12(2)23(31)32/h5-11,20H,4H2,1-3H3,(H,31,32)(H,28,29,30)/b12-8+. The number of amides is 1. The van der Waals surface area contributed by atoms with Gasteiger partial charge < -0.3 is 9.84 Å². The van der Waals surface area contributed by atoms with Crippen molar-refractivity contribution in [1.82, 2.24) is 4.98 Å². The van der Waals surface area contributed by atoms with Crippen LogP contribution in [0.3, 0.4) is 0 Å². The molecule has 1 amide bonds. The Kier molecular flexibility index (Phi) is 8.43. The number of nitrogens with zero attached hydrogens (tertiary/aromatic N) is 1. The van der Waals surface area contributed by atoms with E-state index in [4.69, 9.17) is 33.0 Å². The lowest BCUT2D eigenvalue weighted by atomic mass is 10.0. The third-order valence-electron chi connectivity index (χ3n) is 5.07. The Bertz CT molecular complexity index is 1250. The van der Waals surface area contributed by atoms with E-state index in [9.17, 15) is 9.59 Å². The van der Waals surface area contributed by atoms with Crippen molar-refractivity contribution in [1.29, 1.82) is 0 Å². The van der Waals surface area contributed by atoms with Gasteiger partial charge >= 0.3 is 5.97 Å².